The van der Waals surface area contributed by atoms with E-state index in [9.17, 15) is 14.4 Å². The normalized spacial score (nSPS) is 9.93. The van der Waals surface area contributed by atoms with Gasteiger partial charge in [0.15, 0.2) is 0 Å². The third kappa shape index (κ3) is 5.46. The summed E-state index contributed by atoms with van der Waals surface area (Å²) >= 11 is 0. The van der Waals surface area contributed by atoms with Gasteiger partial charge in [0.25, 0.3) is 5.91 Å². The van der Waals surface area contributed by atoms with Crippen molar-refractivity contribution in [3.63, 3.8) is 0 Å². The molecule has 0 aliphatic heterocycles. The molecule has 0 radical (unpaired) electrons. The number of amides is 1. The number of hydrogen-bond acceptors (Lipinski definition) is 7. The maximum Gasteiger partial charge on any atom is 0.308 e. The number of ether oxygens (including phenoxy) is 4. The fourth-order valence-corrected chi connectivity index (χ4v) is 2.26. The molecular formula is C19H19NO7. The molecule has 2 aromatic rings. The Morgan fingerprint density at radius 3 is 1.85 bits per heavy atom. The van der Waals surface area contributed by atoms with E-state index in [1.807, 2.05) is 0 Å². The van der Waals surface area contributed by atoms with Crippen LogP contribution in [0, 0.1) is 0 Å². The van der Waals surface area contributed by atoms with Crippen molar-refractivity contribution >= 4 is 23.5 Å². The molecule has 0 bridgehead atoms. The summed E-state index contributed by atoms with van der Waals surface area (Å²) in [5.41, 5.74) is 0.503. The van der Waals surface area contributed by atoms with Gasteiger partial charge in [-0.25, -0.2) is 0 Å². The molecule has 1 N–H and O–H groups in total. The van der Waals surface area contributed by atoms with Gasteiger partial charge < -0.3 is 24.3 Å². The molecule has 0 saturated heterocycles. The van der Waals surface area contributed by atoms with E-state index in [1.165, 1.54) is 46.3 Å². The molecule has 0 aromatic heterocycles. The predicted octanol–water partition coefficient (Wildman–Crippen LogP) is 2.81. The minimum atomic E-state index is -0.573. The fourth-order valence-electron chi connectivity index (χ4n) is 2.26. The Bertz CT molecular complexity index is 842. The predicted molar refractivity (Wildman–Crippen MR) is 96.6 cm³/mol. The lowest BCUT2D eigenvalue weighted by Crippen LogP contribution is -2.14. The van der Waals surface area contributed by atoms with Crippen molar-refractivity contribution in [3.05, 3.63) is 42.0 Å². The molecular weight excluding hydrogens is 354 g/mol. The van der Waals surface area contributed by atoms with Gasteiger partial charge in [0.2, 0.25) is 0 Å². The van der Waals surface area contributed by atoms with Crippen molar-refractivity contribution in [3.8, 4) is 23.0 Å². The molecule has 142 valence electrons. The zero-order chi connectivity index (χ0) is 20.0. The molecule has 0 spiro atoms. The maximum absolute atomic E-state index is 12.7. The van der Waals surface area contributed by atoms with Crippen molar-refractivity contribution < 1.29 is 33.3 Å². The third-order valence-electron chi connectivity index (χ3n) is 3.32. The summed E-state index contributed by atoms with van der Waals surface area (Å²) in [6.45, 7) is 2.44. The first kappa shape index (κ1) is 19.8. The smallest absolute Gasteiger partial charge is 0.308 e. The number of benzene rings is 2. The Morgan fingerprint density at radius 2 is 1.37 bits per heavy atom. The third-order valence-corrected chi connectivity index (χ3v) is 3.32. The van der Waals surface area contributed by atoms with Crippen LogP contribution in [0.1, 0.15) is 24.2 Å². The van der Waals surface area contributed by atoms with E-state index in [4.69, 9.17) is 18.9 Å². The first-order valence-electron chi connectivity index (χ1n) is 7.87. The summed E-state index contributed by atoms with van der Waals surface area (Å²) in [7, 11) is 2.97. The SMILES string of the molecule is COc1ccc(OC)c(NC(=O)c2cc(OC(C)=O)cc(OC(C)=O)c2)c1. The number of anilines is 1. The van der Waals surface area contributed by atoms with Crippen molar-refractivity contribution in [2.45, 2.75) is 13.8 Å². The molecule has 0 atom stereocenters. The number of hydrogen-bond donors (Lipinski definition) is 1. The highest BCUT2D eigenvalue weighted by molar-refractivity contribution is 6.05. The van der Waals surface area contributed by atoms with Crippen LogP contribution >= 0.6 is 0 Å². The summed E-state index contributed by atoms with van der Waals surface area (Å²) in [5.74, 6) is -0.565. The van der Waals surface area contributed by atoms with Gasteiger partial charge in [0.1, 0.15) is 23.0 Å². The summed E-state index contributed by atoms with van der Waals surface area (Å²) in [6, 6.07) is 8.99. The van der Waals surface area contributed by atoms with Gasteiger partial charge in [-0.05, 0) is 24.3 Å². The molecule has 0 aliphatic rings. The van der Waals surface area contributed by atoms with E-state index in [0.717, 1.165) is 0 Å². The highest BCUT2D eigenvalue weighted by Crippen LogP contribution is 2.30. The van der Waals surface area contributed by atoms with E-state index in [2.05, 4.69) is 5.32 Å². The Balaban J connectivity index is 2.37. The standard InChI is InChI=1S/C19H19NO7/c1-11(21)26-15-7-13(8-16(9-15)27-12(2)22)19(23)20-17-10-14(24-3)5-6-18(17)25-4/h5-10H,1-4H3,(H,20,23). The van der Waals surface area contributed by atoms with Gasteiger partial charge in [-0.1, -0.05) is 0 Å². The van der Waals surface area contributed by atoms with Gasteiger partial charge in [0, 0.05) is 31.5 Å². The number of rotatable bonds is 6. The molecule has 2 rings (SSSR count). The monoisotopic (exact) mass is 373 g/mol. The summed E-state index contributed by atoms with van der Waals surface area (Å²) in [4.78, 5) is 35.1. The van der Waals surface area contributed by atoms with Crippen LogP contribution in [0.25, 0.3) is 0 Å². The zero-order valence-corrected chi connectivity index (χ0v) is 15.3. The van der Waals surface area contributed by atoms with Crippen LogP contribution in [-0.2, 0) is 9.59 Å². The molecule has 0 heterocycles. The molecule has 8 nitrogen and oxygen atoms in total. The average Bonchev–Trinajstić information content (AvgIpc) is 2.60. The molecule has 2 aromatic carbocycles. The average molecular weight is 373 g/mol. The van der Waals surface area contributed by atoms with Crippen LogP contribution in [0.4, 0.5) is 5.69 Å². The van der Waals surface area contributed by atoms with Crippen molar-refractivity contribution in [1.82, 2.24) is 0 Å². The van der Waals surface area contributed by atoms with Gasteiger partial charge in [-0.3, -0.25) is 14.4 Å². The number of esters is 2. The molecule has 0 saturated carbocycles. The summed E-state index contributed by atoms with van der Waals surface area (Å²) < 4.78 is 20.4. The Hall–Kier alpha value is -3.55. The lowest BCUT2D eigenvalue weighted by molar-refractivity contribution is -0.132. The first-order chi connectivity index (χ1) is 12.8. The Morgan fingerprint density at radius 1 is 0.778 bits per heavy atom. The van der Waals surface area contributed by atoms with Crippen molar-refractivity contribution in [2.75, 3.05) is 19.5 Å². The van der Waals surface area contributed by atoms with E-state index in [1.54, 1.807) is 18.2 Å². The molecule has 0 fully saturated rings. The van der Waals surface area contributed by atoms with Crippen LogP contribution in [0.2, 0.25) is 0 Å². The Kier molecular flexibility index (Phi) is 6.37. The zero-order valence-electron chi connectivity index (χ0n) is 15.3. The minimum Gasteiger partial charge on any atom is -0.497 e. The highest BCUT2D eigenvalue weighted by Gasteiger charge is 2.15. The number of methoxy groups -OCH3 is 2. The molecule has 0 unspecified atom stereocenters. The maximum atomic E-state index is 12.7. The number of carbonyl (C=O) groups excluding carboxylic acids is 3. The second-order valence-electron chi connectivity index (χ2n) is 5.40. The second-order valence-corrected chi connectivity index (χ2v) is 5.40. The van der Waals surface area contributed by atoms with Crippen molar-refractivity contribution in [1.29, 1.82) is 0 Å². The topological polar surface area (TPSA) is 100 Å². The fraction of sp³-hybridized carbons (Fsp3) is 0.211. The van der Waals surface area contributed by atoms with Gasteiger partial charge in [-0.2, -0.15) is 0 Å². The van der Waals surface area contributed by atoms with E-state index < -0.39 is 17.8 Å². The van der Waals surface area contributed by atoms with E-state index in [-0.39, 0.29) is 17.1 Å². The molecule has 1 amide bonds. The lowest BCUT2D eigenvalue weighted by Gasteiger charge is -2.13. The van der Waals surface area contributed by atoms with Crippen LogP contribution in [0.5, 0.6) is 23.0 Å². The summed E-state index contributed by atoms with van der Waals surface area (Å²) in [5, 5.41) is 2.69. The minimum absolute atomic E-state index is 0.0732. The number of carbonyl (C=O) groups is 3. The van der Waals surface area contributed by atoms with E-state index in [0.29, 0.717) is 17.2 Å². The van der Waals surface area contributed by atoms with Crippen molar-refractivity contribution in [2.24, 2.45) is 0 Å². The van der Waals surface area contributed by atoms with Gasteiger partial charge in [0.05, 0.1) is 19.9 Å². The summed E-state index contributed by atoms with van der Waals surface area (Å²) in [6.07, 6.45) is 0. The molecule has 0 aliphatic carbocycles. The Labute approximate surface area is 156 Å². The van der Waals surface area contributed by atoms with Crippen LogP contribution < -0.4 is 24.3 Å². The second kappa shape index (κ2) is 8.70. The van der Waals surface area contributed by atoms with E-state index >= 15 is 0 Å². The quantitative estimate of drug-likeness (QED) is 0.614. The number of nitrogens with one attached hydrogen (secondary N) is 1. The van der Waals surface area contributed by atoms with Crippen LogP contribution in [0.15, 0.2) is 36.4 Å². The highest BCUT2D eigenvalue weighted by atomic mass is 16.5. The molecule has 27 heavy (non-hydrogen) atoms. The largest absolute Gasteiger partial charge is 0.497 e. The molecule has 8 heteroatoms. The first-order valence-corrected chi connectivity index (χ1v) is 7.87. The van der Waals surface area contributed by atoms with Gasteiger partial charge >= 0.3 is 11.9 Å². The van der Waals surface area contributed by atoms with Gasteiger partial charge in [-0.15, -0.1) is 0 Å². The van der Waals surface area contributed by atoms with Crippen LogP contribution in [-0.4, -0.2) is 32.1 Å². The van der Waals surface area contributed by atoms with Crippen LogP contribution in [0.3, 0.4) is 0 Å². The lowest BCUT2D eigenvalue weighted by atomic mass is 10.1.